The fraction of sp³-hybridized carbons (Fsp3) is 0.250. The van der Waals surface area contributed by atoms with Gasteiger partial charge in [0.2, 0.25) is 0 Å². The van der Waals surface area contributed by atoms with Crippen molar-refractivity contribution in [2.24, 2.45) is 0 Å². The zero-order chi connectivity index (χ0) is 16.7. The average Bonchev–Trinajstić information content (AvgIpc) is 2.93. The second-order valence-electron chi connectivity index (χ2n) is 5.35. The first kappa shape index (κ1) is 15.9. The molecule has 3 nitrogen and oxygen atoms in total. The van der Waals surface area contributed by atoms with Crippen LogP contribution >= 0.6 is 0 Å². The van der Waals surface area contributed by atoms with Gasteiger partial charge in [0.1, 0.15) is 10.6 Å². The second-order valence-corrected chi connectivity index (χ2v) is 6.89. The Morgan fingerprint density at radius 2 is 1.70 bits per heavy atom. The van der Waals surface area contributed by atoms with Crippen LogP contribution in [-0.4, -0.2) is 8.42 Å². The van der Waals surface area contributed by atoms with Crippen molar-refractivity contribution in [2.75, 3.05) is 0 Å². The lowest BCUT2D eigenvalue weighted by Crippen LogP contribution is -2.12. The number of rotatable bonds is 3. The topological polar surface area (TPSA) is 43.4 Å². The van der Waals surface area contributed by atoms with E-state index in [-0.39, 0.29) is 5.75 Å². The van der Waals surface area contributed by atoms with Crippen LogP contribution in [0.5, 0.6) is 5.75 Å². The van der Waals surface area contributed by atoms with Gasteiger partial charge in [-0.25, -0.2) is 0 Å². The lowest BCUT2D eigenvalue weighted by Gasteiger charge is -2.11. The Bertz CT molecular complexity index is 842. The minimum atomic E-state index is -4.61. The molecule has 0 radical (unpaired) electrons. The van der Waals surface area contributed by atoms with Crippen LogP contribution in [-0.2, 0) is 29.1 Å². The minimum absolute atomic E-state index is 0.114. The van der Waals surface area contributed by atoms with E-state index >= 15 is 0 Å². The van der Waals surface area contributed by atoms with Gasteiger partial charge >= 0.3 is 16.3 Å². The molecule has 0 unspecified atom stereocenters. The third-order valence-corrected chi connectivity index (χ3v) is 4.97. The Balaban J connectivity index is 1.90. The molecule has 2 aromatic carbocycles. The van der Waals surface area contributed by atoms with E-state index in [1.54, 1.807) is 12.1 Å². The highest BCUT2D eigenvalue weighted by Gasteiger charge is 2.32. The second kappa shape index (κ2) is 5.56. The van der Waals surface area contributed by atoms with Crippen LogP contribution in [0, 0.1) is 0 Å². The van der Waals surface area contributed by atoms with E-state index in [4.69, 9.17) is 4.18 Å². The quantitative estimate of drug-likeness (QED) is 0.793. The molecule has 0 saturated heterocycles. The first-order chi connectivity index (χ1) is 10.8. The summed E-state index contributed by atoms with van der Waals surface area (Å²) in [5.74, 6) is 0.114. The smallest absolute Gasteiger partial charge is 0.379 e. The average molecular weight is 342 g/mol. The van der Waals surface area contributed by atoms with Gasteiger partial charge in [0.05, 0.1) is 5.56 Å². The van der Waals surface area contributed by atoms with E-state index in [1.165, 1.54) is 6.07 Å². The number of aryl methyl sites for hydroxylation is 2. The molecule has 0 spiro atoms. The van der Waals surface area contributed by atoms with Gasteiger partial charge in [0.25, 0.3) is 0 Å². The summed E-state index contributed by atoms with van der Waals surface area (Å²) in [5.41, 5.74) is 1.13. The molecule has 1 aliphatic rings. The van der Waals surface area contributed by atoms with Crippen molar-refractivity contribution in [3.05, 3.63) is 59.2 Å². The number of benzene rings is 2. The number of halogens is 3. The highest BCUT2D eigenvalue weighted by atomic mass is 32.2. The highest BCUT2D eigenvalue weighted by Crippen LogP contribution is 2.32. The summed E-state index contributed by atoms with van der Waals surface area (Å²) in [6.45, 7) is 0. The summed E-state index contributed by atoms with van der Waals surface area (Å²) in [5, 5.41) is 0. The third kappa shape index (κ3) is 3.34. The SMILES string of the molecule is O=S(=O)(Oc1ccc2c(c1)CCC2)c1cccc(C(F)(F)F)c1. The van der Waals surface area contributed by atoms with Gasteiger partial charge < -0.3 is 4.18 Å². The van der Waals surface area contributed by atoms with E-state index in [1.807, 2.05) is 0 Å². The Morgan fingerprint density at radius 1 is 0.957 bits per heavy atom. The molecule has 0 amide bonds. The molecule has 0 aliphatic heterocycles. The molecule has 0 bridgehead atoms. The maximum atomic E-state index is 12.7. The summed E-state index contributed by atoms with van der Waals surface area (Å²) in [7, 11) is -4.31. The molecule has 0 heterocycles. The van der Waals surface area contributed by atoms with Gasteiger partial charge in [-0.3, -0.25) is 0 Å². The number of fused-ring (bicyclic) bond motifs is 1. The van der Waals surface area contributed by atoms with Crippen molar-refractivity contribution in [1.29, 1.82) is 0 Å². The van der Waals surface area contributed by atoms with Crippen LogP contribution in [0.3, 0.4) is 0 Å². The van der Waals surface area contributed by atoms with Gasteiger partial charge in [0.15, 0.2) is 0 Å². The predicted molar refractivity (Wildman–Crippen MR) is 77.7 cm³/mol. The highest BCUT2D eigenvalue weighted by molar-refractivity contribution is 7.87. The molecule has 2 aromatic rings. The van der Waals surface area contributed by atoms with E-state index in [0.29, 0.717) is 6.07 Å². The summed E-state index contributed by atoms with van der Waals surface area (Å²) < 4.78 is 67.5. The van der Waals surface area contributed by atoms with Crippen molar-refractivity contribution in [3.63, 3.8) is 0 Å². The fourth-order valence-corrected chi connectivity index (χ4v) is 3.57. The summed E-state index contributed by atoms with van der Waals surface area (Å²) >= 11 is 0. The number of alkyl halides is 3. The van der Waals surface area contributed by atoms with Crippen LogP contribution in [0.25, 0.3) is 0 Å². The molecule has 1 aliphatic carbocycles. The van der Waals surface area contributed by atoms with Crippen LogP contribution in [0.4, 0.5) is 13.2 Å². The van der Waals surface area contributed by atoms with E-state index in [2.05, 4.69) is 0 Å². The maximum Gasteiger partial charge on any atom is 0.416 e. The van der Waals surface area contributed by atoms with Crippen LogP contribution < -0.4 is 4.18 Å². The summed E-state index contributed by atoms with van der Waals surface area (Å²) in [6, 6.07) is 8.46. The first-order valence-electron chi connectivity index (χ1n) is 6.99. The Labute approximate surface area is 131 Å². The van der Waals surface area contributed by atoms with E-state index < -0.39 is 26.8 Å². The first-order valence-corrected chi connectivity index (χ1v) is 8.40. The van der Waals surface area contributed by atoms with Gasteiger partial charge in [0, 0.05) is 0 Å². The van der Waals surface area contributed by atoms with E-state index in [0.717, 1.165) is 48.6 Å². The standard InChI is InChI=1S/C16H13F3O3S/c17-16(18,19)13-5-2-6-15(10-13)23(20,21)22-14-8-7-11-3-1-4-12(11)9-14/h2,5-10H,1,3-4H2. The number of hydrogen-bond donors (Lipinski definition) is 0. The third-order valence-electron chi connectivity index (χ3n) is 3.73. The molecule has 0 aromatic heterocycles. The lowest BCUT2D eigenvalue weighted by molar-refractivity contribution is -0.137. The predicted octanol–water partition coefficient (Wildman–Crippen LogP) is 3.96. The van der Waals surface area contributed by atoms with Crippen LogP contribution in [0.2, 0.25) is 0 Å². The summed E-state index contributed by atoms with van der Waals surface area (Å²) in [6.07, 6.45) is -1.83. The molecule has 0 N–H and O–H groups in total. The molecule has 23 heavy (non-hydrogen) atoms. The molecular weight excluding hydrogens is 329 g/mol. The van der Waals surface area contributed by atoms with Crippen LogP contribution in [0.15, 0.2) is 47.4 Å². The largest absolute Gasteiger partial charge is 0.416 e. The lowest BCUT2D eigenvalue weighted by atomic mass is 10.1. The van der Waals surface area contributed by atoms with Crippen LogP contribution in [0.1, 0.15) is 23.1 Å². The van der Waals surface area contributed by atoms with Crippen molar-refractivity contribution in [3.8, 4) is 5.75 Å². The molecule has 7 heteroatoms. The molecule has 122 valence electrons. The Morgan fingerprint density at radius 3 is 2.43 bits per heavy atom. The van der Waals surface area contributed by atoms with Crippen molar-refractivity contribution < 1.29 is 25.8 Å². The zero-order valence-electron chi connectivity index (χ0n) is 11.9. The maximum absolute atomic E-state index is 12.7. The van der Waals surface area contributed by atoms with E-state index in [9.17, 15) is 21.6 Å². The van der Waals surface area contributed by atoms with Gasteiger partial charge in [-0.05, 0) is 60.7 Å². The van der Waals surface area contributed by atoms with Gasteiger partial charge in [-0.15, -0.1) is 0 Å². The molecule has 3 rings (SSSR count). The monoisotopic (exact) mass is 342 g/mol. The molecule has 0 saturated carbocycles. The molecular formula is C16H13F3O3S. The van der Waals surface area contributed by atoms with Crippen molar-refractivity contribution >= 4 is 10.1 Å². The Kier molecular flexibility index (Phi) is 3.83. The normalized spacial score (nSPS) is 14.6. The van der Waals surface area contributed by atoms with Gasteiger partial charge in [-0.1, -0.05) is 12.1 Å². The minimum Gasteiger partial charge on any atom is -0.379 e. The Hall–Kier alpha value is -2.02. The fourth-order valence-electron chi connectivity index (χ4n) is 2.60. The molecule has 0 atom stereocenters. The zero-order valence-corrected chi connectivity index (χ0v) is 12.7. The molecule has 0 fully saturated rings. The number of hydrogen-bond acceptors (Lipinski definition) is 3. The summed E-state index contributed by atoms with van der Waals surface area (Å²) in [4.78, 5) is -0.521. The van der Waals surface area contributed by atoms with Crippen molar-refractivity contribution in [1.82, 2.24) is 0 Å². The van der Waals surface area contributed by atoms with Crippen molar-refractivity contribution in [2.45, 2.75) is 30.3 Å². The van der Waals surface area contributed by atoms with Gasteiger partial charge in [-0.2, -0.15) is 21.6 Å².